The van der Waals surface area contributed by atoms with Gasteiger partial charge in [-0.15, -0.1) is 11.3 Å². The molecule has 1 aliphatic heterocycles. The third-order valence-corrected chi connectivity index (χ3v) is 6.10. The van der Waals surface area contributed by atoms with Crippen LogP contribution in [0.1, 0.15) is 10.4 Å². The molecule has 2 amide bonds. The normalized spacial score (nSPS) is 16.8. The Kier molecular flexibility index (Phi) is 6.78. The first-order valence-corrected chi connectivity index (χ1v) is 10.4. The van der Waals surface area contributed by atoms with Crippen LogP contribution >= 0.6 is 35.3 Å². The molecule has 5 nitrogen and oxygen atoms in total. The molecular weight excluding hydrogens is 400 g/mol. The summed E-state index contributed by atoms with van der Waals surface area (Å²) in [6.07, 6.45) is 2.30. The van der Waals surface area contributed by atoms with Crippen molar-refractivity contribution in [3.8, 4) is 0 Å². The number of aliphatic hydroxyl groups is 1. The standard InChI is InChI=1S/C19H18N2O3S3/c22-12-14(9-13-5-2-1-3-6-13)20-17(23)11-21-18(24)16(27-19(21)25)10-15-7-4-8-26-15/h1-8,10,14,22H,9,11-12H2,(H,20,23)/t14-/m1/s1. The zero-order valence-electron chi connectivity index (χ0n) is 14.3. The van der Waals surface area contributed by atoms with Crippen LogP contribution in [-0.4, -0.2) is 45.3 Å². The molecule has 2 N–H and O–H groups in total. The molecule has 8 heteroatoms. The summed E-state index contributed by atoms with van der Waals surface area (Å²) in [5.41, 5.74) is 1.02. The summed E-state index contributed by atoms with van der Waals surface area (Å²) in [5.74, 6) is -0.615. The number of hydrogen-bond acceptors (Lipinski definition) is 6. The fourth-order valence-electron chi connectivity index (χ4n) is 2.62. The van der Waals surface area contributed by atoms with Crippen molar-refractivity contribution in [2.24, 2.45) is 0 Å². The van der Waals surface area contributed by atoms with E-state index in [0.29, 0.717) is 15.6 Å². The molecule has 0 unspecified atom stereocenters. The van der Waals surface area contributed by atoms with E-state index in [1.807, 2.05) is 47.8 Å². The number of aliphatic hydroxyl groups excluding tert-OH is 1. The molecule has 0 radical (unpaired) electrons. The minimum absolute atomic E-state index is 0.155. The third kappa shape index (κ3) is 5.26. The molecule has 1 saturated heterocycles. The molecule has 0 spiro atoms. The number of benzene rings is 1. The molecule has 0 bridgehead atoms. The number of hydrogen-bond donors (Lipinski definition) is 2. The number of amides is 2. The summed E-state index contributed by atoms with van der Waals surface area (Å²) in [5, 5.41) is 14.3. The van der Waals surface area contributed by atoms with Gasteiger partial charge in [0.05, 0.1) is 17.6 Å². The fourth-order valence-corrected chi connectivity index (χ4v) is 4.59. The van der Waals surface area contributed by atoms with Gasteiger partial charge in [0.1, 0.15) is 10.9 Å². The zero-order valence-corrected chi connectivity index (χ0v) is 16.8. The minimum atomic E-state index is -0.417. The summed E-state index contributed by atoms with van der Waals surface area (Å²) in [7, 11) is 0. The largest absolute Gasteiger partial charge is 0.394 e. The van der Waals surface area contributed by atoms with Crippen LogP contribution in [0, 0.1) is 0 Å². The van der Waals surface area contributed by atoms with Gasteiger partial charge in [0, 0.05) is 4.88 Å². The number of carbonyl (C=O) groups excluding carboxylic acids is 2. The highest BCUT2D eigenvalue weighted by Crippen LogP contribution is 2.33. The fraction of sp³-hybridized carbons (Fsp3) is 0.211. The Morgan fingerprint density at radius 3 is 2.70 bits per heavy atom. The van der Waals surface area contributed by atoms with Crippen molar-refractivity contribution in [1.82, 2.24) is 10.2 Å². The second kappa shape index (κ2) is 9.27. The molecule has 1 fully saturated rings. The van der Waals surface area contributed by atoms with Gasteiger partial charge < -0.3 is 10.4 Å². The first-order valence-electron chi connectivity index (χ1n) is 8.30. The molecule has 1 aromatic carbocycles. The van der Waals surface area contributed by atoms with Gasteiger partial charge >= 0.3 is 0 Å². The number of thiophene rings is 1. The number of thioether (sulfide) groups is 1. The molecule has 0 saturated carbocycles. The Morgan fingerprint density at radius 2 is 2.04 bits per heavy atom. The van der Waals surface area contributed by atoms with Gasteiger partial charge in [-0.3, -0.25) is 14.5 Å². The maximum absolute atomic E-state index is 12.5. The van der Waals surface area contributed by atoms with Crippen molar-refractivity contribution >= 4 is 57.5 Å². The number of thiocarbonyl (C=S) groups is 1. The van der Waals surface area contributed by atoms with Crippen LogP contribution in [-0.2, 0) is 16.0 Å². The molecular formula is C19H18N2O3S3. The predicted molar refractivity (Wildman–Crippen MR) is 113 cm³/mol. The van der Waals surface area contributed by atoms with E-state index in [1.54, 1.807) is 6.08 Å². The zero-order chi connectivity index (χ0) is 19.2. The van der Waals surface area contributed by atoms with E-state index in [1.165, 1.54) is 28.0 Å². The van der Waals surface area contributed by atoms with Crippen LogP contribution in [0.2, 0.25) is 0 Å². The van der Waals surface area contributed by atoms with Crippen LogP contribution in [0.15, 0.2) is 52.7 Å². The average molecular weight is 419 g/mol. The van der Waals surface area contributed by atoms with Crippen molar-refractivity contribution in [3.63, 3.8) is 0 Å². The van der Waals surface area contributed by atoms with Gasteiger partial charge in [-0.25, -0.2) is 0 Å². The van der Waals surface area contributed by atoms with E-state index in [-0.39, 0.29) is 25.0 Å². The van der Waals surface area contributed by atoms with E-state index in [2.05, 4.69) is 5.32 Å². The molecule has 3 rings (SSSR count). The molecule has 1 aromatic heterocycles. The molecule has 1 atom stereocenters. The van der Waals surface area contributed by atoms with Gasteiger partial charge in [0.25, 0.3) is 5.91 Å². The molecule has 27 heavy (non-hydrogen) atoms. The van der Waals surface area contributed by atoms with Crippen LogP contribution in [0.4, 0.5) is 0 Å². The van der Waals surface area contributed by atoms with Crippen molar-refractivity contribution in [2.45, 2.75) is 12.5 Å². The Hall–Kier alpha value is -2.00. The summed E-state index contributed by atoms with van der Waals surface area (Å²) in [4.78, 5) is 27.7. The first-order chi connectivity index (χ1) is 13.1. The topological polar surface area (TPSA) is 69.6 Å². The van der Waals surface area contributed by atoms with E-state index in [0.717, 1.165) is 10.4 Å². The maximum Gasteiger partial charge on any atom is 0.266 e. The summed E-state index contributed by atoms with van der Waals surface area (Å²) < 4.78 is 0.363. The van der Waals surface area contributed by atoms with Crippen LogP contribution in [0.5, 0.6) is 0 Å². The summed E-state index contributed by atoms with van der Waals surface area (Å²) in [6.45, 7) is -0.338. The lowest BCUT2D eigenvalue weighted by Crippen LogP contribution is -2.45. The summed E-state index contributed by atoms with van der Waals surface area (Å²) in [6, 6.07) is 13.0. The second-order valence-corrected chi connectivity index (χ2v) is 8.58. The smallest absolute Gasteiger partial charge is 0.266 e. The van der Waals surface area contributed by atoms with Crippen LogP contribution in [0.25, 0.3) is 6.08 Å². The lowest BCUT2D eigenvalue weighted by Gasteiger charge is -2.19. The van der Waals surface area contributed by atoms with Gasteiger partial charge in [0.2, 0.25) is 5.91 Å². The summed E-state index contributed by atoms with van der Waals surface area (Å²) >= 11 is 7.98. The number of nitrogens with zero attached hydrogens (tertiary/aromatic N) is 1. The van der Waals surface area contributed by atoms with E-state index in [4.69, 9.17) is 12.2 Å². The molecule has 0 aliphatic carbocycles. The Balaban J connectivity index is 1.59. The highest BCUT2D eigenvalue weighted by atomic mass is 32.2. The SMILES string of the molecule is O=C(CN1C(=O)C(=Cc2cccs2)SC1=S)N[C@@H](CO)Cc1ccccc1. The third-order valence-electron chi connectivity index (χ3n) is 3.90. The molecule has 2 heterocycles. The lowest BCUT2D eigenvalue weighted by molar-refractivity contribution is -0.129. The maximum atomic E-state index is 12.5. The second-order valence-electron chi connectivity index (χ2n) is 5.92. The highest BCUT2D eigenvalue weighted by Gasteiger charge is 2.33. The lowest BCUT2D eigenvalue weighted by atomic mass is 10.1. The van der Waals surface area contributed by atoms with Gasteiger partial charge in [0.15, 0.2) is 0 Å². The Bertz CT molecular complexity index is 850. The van der Waals surface area contributed by atoms with E-state index < -0.39 is 6.04 Å². The quantitative estimate of drug-likeness (QED) is 0.534. The van der Waals surface area contributed by atoms with Crippen molar-refractivity contribution in [3.05, 3.63) is 63.2 Å². The van der Waals surface area contributed by atoms with Crippen LogP contribution in [0.3, 0.4) is 0 Å². The number of rotatable bonds is 7. The van der Waals surface area contributed by atoms with Crippen molar-refractivity contribution in [1.29, 1.82) is 0 Å². The Morgan fingerprint density at radius 1 is 1.26 bits per heavy atom. The first kappa shape index (κ1) is 19.8. The molecule has 2 aromatic rings. The van der Waals surface area contributed by atoms with Gasteiger partial charge in [-0.2, -0.15) is 0 Å². The van der Waals surface area contributed by atoms with Gasteiger partial charge in [-0.05, 0) is 29.5 Å². The predicted octanol–water partition coefficient (Wildman–Crippen LogP) is 2.67. The van der Waals surface area contributed by atoms with Gasteiger partial charge in [-0.1, -0.05) is 60.4 Å². The van der Waals surface area contributed by atoms with E-state index in [9.17, 15) is 14.7 Å². The Labute approximate surface area is 171 Å². The molecule has 1 aliphatic rings. The van der Waals surface area contributed by atoms with E-state index >= 15 is 0 Å². The minimum Gasteiger partial charge on any atom is -0.394 e. The van der Waals surface area contributed by atoms with Crippen LogP contribution < -0.4 is 5.32 Å². The average Bonchev–Trinajstić information content (AvgIpc) is 3.26. The number of nitrogens with one attached hydrogen (secondary N) is 1. The van der Waals surface area contributed by atoms with Crippen molar-refractivity contribution < 1.29 is 14.7 Å². The highest BCUT2D eigenvalue weighted by molar-refractivity contribution is 8.26. The van der Waals surface area contributed by atoms with Crippen molar-refractivity contribution in [2.75, 3.05) is 13.2 Å². The number of carbonyl (C=O) groups is 2. The molecule has 140 valence electrons. The monoisotopic (exact) mass is 418 g/mol.